The SMILES string of the molecule is CS(=O)CCCNCc1cc(Br)c2c(c1)OCO2. The van der Waals surface area contributed by atoms with E-state index in [1.807, 2.05) is 12.1 Å². The van der Waals surface area contributed by atoms with E-state index in [4.69, 9.17) is 9.47 Å². The summed E-state index contributed by atoms with van der Waals surface area (Å²) in [4.78, 5) is 0. The van der Waals surface area contributed by atoms with Crippen molar-refractivity contribution >= 4 is 26.7 Å². The van der Waals surface area contributed by atoms with E-state index in [-0.39, 0.29) is 6.79 Å². The summed E-state index contributed by atoms with van der Waals surface area (Å²) in [6.45, 7) is 1.92. The summed E-state index contributed by atoms with van der Waals surface area (Å²) in [5.74, 6) is 2.31. The molecule has 1 aromatic rings. The average molecular weight is 334 g/mol. The number of hydrogen-bond acceptors (Lipinski definition) is 4. The van der Waals surface area contributed by atoms with Crippen molar-refractivity contribution in [2.24, 2.45) is 0 Å². The fourth-order valence-corrected chi connectivity index (χ4v) is 2.91. The molecular weight excluding hydrogens is 318 g/mol. The third-order valence-corrected chi connectivity index (χ3v) is 4.05. The van der Waals surface area contributed by atoms with Crippen LogP contribution in [0.25, 0.3) is 0 Å². The van der Waals surface area contributed by atoms with Gasteiger partial charge in [0.1, 0.15) is 0 Å². The number of hydrogen-bond donors (Lipinski definition) is 1. The lowest BCUT2D eigenvalue weighted by atomic mass is 10.2. The second-order valence-corrected chi connectivity index (χ2v) is 6.53. The topological polar surface area (TPSA) is 47.6 Å². The van der Waals surface area contributed by atoms with Crippen LogP contribution in [0.2, 0.25) is 0 Å². The molecule has 1 atom stereocenters. The molecule has 0 aliphatic carbocycles. The van der Waals surface area contributed by atoms with E-state index in [1.165, 1.54) is 0 Å². The molecule has 1 aliphatic heterocycles. The Morgan fingerprint density at radius 2 is 2.28 bits per heavy atom. The normalized spacial score (nSPS) is 14.8. The number of benzene rings is 1. The Hall–Kier alpha value is -0.590. The van der Waals surface area contributed by atoms with Gasteiger partial charge in [-0.3, -0.25) is 4.21 Å². The van der Waals surface area contributed by atoms with Crippen molar-refractivity contribution in [1.82, 2.24) is 5.32 Å². The van der Waals surface area contributed by atoms with Crippen LogP contribution in [0, 0.1) is 0 Å². The summed E-state index contributed by atoms with van der Waals surface area (Å²) in [7, 11) is -0.701. The van der Waals surface area contributed by atoms with E-state index in [0.29, 0.717) is 0 Å². The first kappa shape index (κ1) is 13.8. The van der Waals surface area contributed by atoms with Crippen molar-refractivity contribution in [2.45, 2.75) is 13.0 Å². The third-order valence-electron chi connectivity index (χ3n) is 2.60. The summed E-state index contributed by atoms with van der Waals surface area (Å²) >= 11 is 3.47. The fraction of sp³-hybridized carbons (Fsp3) is 0.500. The van der Waals surface area contributed by atoms with Crippen LogP contribution in [0.15, 0.2) is 16.6 Å². The Kier molecular flexibility index (Phi) is 5.03. The maximum atomic E-state index is 10.9. The van der Waals surface area contributed by atoms with Gasteiger partial charge in [0.2, 0.25) is 6.79 Å². The molecule has 0 aromatic heterocycles. The molecule has 1 aromatic carbocycles. The standard InChI is InChI=1S/C12H16BrNO3S/c1-18(15)4-2-3-14-7-9-5-10(13)12-11(6-9)16-8-17-12/h5-6,14H,2-4,7-8H2,1H3. The van der Waals surface area contributed by atoms with Crippen LogP contribution in [0.5, 0.6) is 11.5 Å². The summed E-state index contributed by atoms with van der Waals surface area (Å²) < 4.78 is 22.5. The molecule has 0 fully saturated rings. The van der Waals surface area contributed by atoms with Crippen LogP contribution in [0.3, 0.4) is 0 Å². The fourth-order valence-electron chi connectivity index (χ4n) is 1.76. The smallest absolute Gasteiger partial charge is 0.231 e. The Morgan fingerprint density at radius 1 is 1.44 bits per heavy atom. The maximum Gasteiger partial charge on any atom is 0.231 e. The minimum atomic E-state index is -0.701. The number of rotatable bonds is 6. The highest BCUT2D eigenvalue weighted by atomic mass is 79.9. The van der Waals surface area contributed by atoms with Gasteiger partial charge in [-0.05, 0) is 46.6 Å². The number of ether oxygens (including phenoxy) is 2. The monoisotopic (exact) mass is 333 g/mol. The van der Waals surface area contributed by atoms with Crippen LogP contribution in [0.4, 0.5) is 0 Å². The van der Waals surface area contributed by atoms with E-state index in [0.717, 1.165) is 46.8 Å². The van der Waals surface area contributed by atoms with Crippen molar-refractivity contribution in [1.29, 1.82) is 0 Å². The van der Waals surface area contributed by atoms with Gasteiger partial charge in [-0.1, -0.05) is 0 Å². The first-order chi connectivity index (χ1) is 8.66. The number of nitrogens with one attached hydrogen (secondary N) is 1. The van der Waals surface area contributed by atoms with Crippen molar-refractivity contribution in [3.63, 3.8) is 0 Å². The predicted octanol–water partition coefficient (Wildman–Crippen LogP) is 2.04. The summed E-state index contributed by atoms with van der Waals surface area (Å²) in [5.41, 5.74) is 1.14. The summed E-state index contributed by atoms with van der Waals surface area (Å²) in [6.07, 6.45) is 2.66. The minimum absolute atomic E-state index is 0.285. The highest BCUT2D eigenvalue weighted by molar-refractivity contribution is 9.10. The zero-order valence-electron chi connectivity index (χ0n) is 10.2. The molecule has 1 aliphatic rings. The van der Waals surface area contributed by atoms with Gasteiger partial charge in [0.05, 0.1) is 4.47 Å². The van der Waals surface area contributed by atoms with Gasteiger partial charge in [-0.25, -0.2) is 0 Å². The van der Waals surface area contributed by atoms with E-state index in [9.17, 15) is 4.21 Å². The van der Waals surface area contributed by atoms with E-state index < -0.39 is 10.8 Å². The van der Waals surface area contributed by atoms with Gasteiger partial charge in [-0.2, -0.15) is 0 Å². The highest BCUT2D eigenvalue weighted by Gasteiger charge is 2.17. The molecule has 1 N–H and O–H groups in total. The van der Waals surface area contributed by atoms with Gasteiger partial charge in [-0.15, -0.1) is 0 Å². The molecule has 6 heteroatoms. The van der Waals surface area contributed by atoms with Gasteiger partial charge in [0, 0.05) is 29.4 Å². The molecule has 0 spiro atoms. The lowest BCUT2D eigenvalue weighted by Gasteiger charge is -2.07. The van der Waals surface area contributed by atoms with Crippen LogP contribution >= 0.6 is 15.9 Å². The van der Waals surface area contributed by atoms with Crippen LogP contribution in [0.1, 0.15) is 12.0 Å². The number of fused-ring (bicyclic) bond motifs is 1. The van der Waals surface area contributed by atoms with E-state index in [1.54, 1.807) is 6.26 Å². The van der Waals surface area contributed by atoms with Crippen LogP contribution in [-0.2, 0) is 17.3 Å². The summed E-state index contributed by atoms with van der Waals surface area (Å²) in [5, 5.41) is 3.32. The van der Waals surface area contributed by atoms with E-state index >= 15 is 0 Å². The first-order valence-electron chi connectivity index (χ1n) is 5.75. The van der Waals surface area contributed by atoms with Crippen molar-refractivity contribution in [3.05, 3.63) is 22.2 Å². The Morgan fingerprint density at radius 3 is 3.06 bits per heavy atom. The minimum Gasteiger partial charge on any atom is -0.454 e. The molecule has 18 heavy (non-hydrogen) atoms. The first-order valence-corrected chi connectivity index (χ1v) is 8.27. The second-order valence-electron chi connectivity index (χ2n) is 4.12. The largest absolute Gasteiger partial charge is 0.454 e. The molecule has 0 radical (unpaired) electrons. The molecule has 0 saturated carbocycles. The molecule has 2 rings (SSSR count). The summed E-state index contributed by atoms with van der Waals surface area (Å²) in [6, 6.07) is 4.01. The quantitative estimate of drug-likeness (QED) is 0.809. The molecule has 0 amide bonds. The molecule has 1 unspecified atom stereocenters. The second kappa shape index (κ2) is 6.54. The highest BCUT2D eigenvalue weighted by Crippen LogP contribution is 2.39. The van der Waals surface area contributed by atoms with Crippen molar-refractivity contribution < 1.29 is 13.7 Å². The number of halogens is 1. The molecule has 4 nitrogen and oxygen atoms in total. The molecule has 0 saturated heterocycles. The zero-order chi connectivity index (χ0) is 13.0. The maximum absolute atomic E-state index is 10.9. The Labute approximate surface area is 118 Å². The zero-order valence-corrected chi connectivity index (χ0v) is 12.6. The predicted molar refractivity (Wildman–Crippen MR) is 75.5 cm³/mol. The van der Waals surface area contributed by atoms with Crippen molar-refractivity contribution in [3.8, 4) is 11.5 Å². The lowest BCUT2D eigenvalue weighted by molar-refractivity contribution is 0.173. The molecule has 0 bridgehead atoms. The van der Waals surface area contributed by atoms with Gasteiger partial charge in [0.15, 0.2) is 11.5 Å². The molecule has 100 valence electrons. The van der Waals surface area contributed by atoms with Gasteiger partial charge in [0.25, 0.3) is 0 Å². The van der Waals surface area contributed by atoms with Crippen LogP contribution < -0.4 is 14.8 Å². The van der Waals surface area contributed by atoms with E-state index in [2.05, 4.69) is 21.2 Å². The lowest BCUT2D eigenvalue weighted by Crippen LogP contribution is -2.16. The van der Waals surface area contributed by atoms with Crippen LogP contribution in [-0.4, -0.2) is 29.6 Å². The Balaban J connectivity index is 1.83. The molecule has 1 heterocycles. The molecular formula is C12H16BrNO3S. The third kappa shape index (κ3) is 3.70. The Bertz CT molecular complexity index is 453. The van der Waals surface area contributed by atoms with Gasteiger partial charge < -0.3 is 14.8 Å². The van der Waals surface area contributed by atoms with Crippen molar-refractivity contribution in [2.75, 3.05) is 25.3 Å². The van der Waals surface area contributed by atoms with Gasteiger partial charge >= 0.3 is 0 Å². The average Bonchev–Trinajstić information content (AvgIpc) is 2.77.